The molecule has 0 radical (unpaired) electrons. The number of benzene rings is 1. The van der Waals surface area contributed by atoms with Crippen LogP contribution in [-0.4, -0.2) is 54.4 Å². The Morgan fingerprint density at radius 1 is 1.25 bits per heavy atom. The van der Waals surface area contributed by atoms with E-state index in [9.17, 15) is 22.8 Å². The van der Waals surface area contributed by atoms with Gasteiger partial charge in [-0.2, -0.15) is 13.2 Å². The molecule has 2 saturated heterocycles. The Balaban J connectivity index is 1.45. The lowest BCUT2D eigenvalue weighted by Gasteiger charge is -2.40. The number of ether oxygens (including phenoxy) is 2. The number of amides is 2. The second kappa shape index (κ2) is 7.52. The van der Waals surface area contributed by atoms with Crippen molar-refractivity contribution in [3.8, 4) is 5.75 Å². The summed E-state index contributed by atoms with van der Waals surface area (Å²) in [6.07, 6.45) is -4.05. The number of hydrogen-bond acceptors (Lipinski definition) is 4. The highest BCUT2D eigenvalue weighted by molar-refractivity contribution is 5.77. The first-order chi connectivity index (χ1) is 13.0. The topological polar surface area (TPSA) is 67.9 Å². The summed E-state index contributed by atoms with van der Waals surface area (Å²) < 4.78 is 48.6. The molecule has 2 heterocycles. The predicted octanol–water partition coefficient (Wildman–Crippen LogP) is 3.22. The fraction of sp³-hybridized carbons (Fsp3) is 0.579. The number of rotatable bonds is 6. The van der Waals surface area contributed by atoms with Crippen molar-refractivity contribution in [1.29, 1.82) is 0 Å². The van der Waals surface area contributed by atoms with Crippen LogP contribution in [0.15, 0.2) is 24.3 Å². The van der Waals surface area contributed by atoms with Crippen LogP contribution in [0.1, 0.15) is 38.2 Å². The maximum atomic E-state index is 12.9. The van der Waals surface area contributed by atoms with Crippen molar-refractivity contribution in [2.75, 3.05) is 19.7 Å². The summed E-state index contributed by atoms with van der Waals surface area (Å²) in [6, 6.07) is 6.40. The molecular formula is C19H23F3N2O4. The first-order valence-electron chi connectivity index (χ1n) is 9.12. The van der Waals surface area contributed by atoms with Gasteiger partial charge in [-0.25, -0.2) is 4.79 Å². The van der Waals surface area contributed by atoms with Crippen LogP contribution in [0.2, 0.25) is 0 Å². The van der Waals surface area contributed by atoms with Crippen molar-refractivity contribution in [1.82, 2.24) is 10.2 Å². The number of halogens is 3. The van der Waals surface area contributed by atoms with Gasteiger partial charge >= 0.3 is 12.3 Å². The molecule has 0 aliphatic carbocycles. The van der Waals surface area contributed by atoms with Gasteiger partial charge in [0.05, 0.1) is 6.04 Å². The number of carbonyl (C=O) groups is 2. The van der Waals surface area contributed by atoms with E-state index in [1.807, 2.05) is 0 Å². The summed E-state index contributed by atoms with van der Waals surface area (Å²) in [4.78, 5) is 24.9. The van der Waals surface area contributed by atoms with Crippen LogP contribution in [0, 0.1) is 0 Å². The maximum absolute atomic E-state index is 12.9. The molecule has 9 heteroatoms. The van der Waals surface area contributed by atoms with Crippen molar-refractivity contribution in [2.24, 2.45) is 0 Å². The number of nitrogens with one attached hydrogen (secondary N) is 1. The highest BCUT2D eigenvalue weighted by Crippen LogP contribution is 2.35. The first kappa shape index (κ1) is 20.3. The van der Waals surface area contributed by atoms with Gasteiger partial charge in [-0.3, -0.25) is 4.79 Å². The lowest BCUT2D eigenvalue weighted by molar-refractivity contribution is -0.234. The van der Waals surface area contributed by atoms with Crippen LogP contribution in [0.25, 0.3) is 0 Å². The van der Waals surface area contributed by atoms with Crippen molar-refractivity contribution < 1.29 is 32.2 Å². The van der Waals surface area contributed by atoms with Gasteiger partial charge in [0.25, 0.3) is 0 Å². The number of carbonyl (C=O) groups excluding carboxylic acids is 2. The Morgan fingerprint density at radius 2 is 1.89 bits per heavy atom. The molecule has 2 fully saturated rings. The smallest absolute Gasteiger partial charge is 0.427 e. The second-order valence-electron chi connectivity index (χ2n) is 7.65. The van der Waals surface area contributed by atoms with Crippen LogP contribution in [0.5, 0.6) is 5.75 Å². The third kappa shape index (κ3) is 4.51. The molecular weight excluding hydrogens is 377 g/mol. The van der Waals surface area contributed by atoms with Gasteiger partial charge < -0.3 is 19.7 Å². The monoisotopic (exact) mass is 400 g/mol. The molecule has 1 N–H and O–H groups in total. The van der Waals surface area contributed by atoms with E-state index < -0.39 is 17.9 Å². The predicted molar refractivity (Wildman–Crippen MR) is 94.0 cm³/mol. The van der Waals surface area contributed by atoms with Crippen LogP contribution < -0.4 is 10.1 Å². The highest BCUT2D eigenvalue weighted by atomic mass is 19.4. The fourth-order valence-electron chi connectivity index (χ4n) is 3.09. The Labute approximate surface area is 161 Å². The summed E-state index contributed by atoms with van der Waals surface area (Å²) >= 11 is 0. The van der Waals surface area contributed by atoms with Gasteiger partial charge in [0.1, 0.15) is 12.4 Å². The zero-order valence-electron chi connectivity index (χ0n) is 15.7. The van der Waals surface area contributed by atoms with Crippen molar-refractivity contribution in [3.05, 3.63) is 29.8 Å². The number of hydrogen-bond donors (Lipinski definition) is 1. The Bertz CT molecular complexity index is 728. The van der Waals surface area contributed by atoms with Crippen molar-refractivity contribution in [3.63, 3.8) is 0 Å². The summed E-state index contributed by atoms with van der Waals surface area (Å²) in [5.74, 6) is 0.326. The van der Waals surface area contributed by atoms with E-state index in [0.29, 0.717) is 25.9 Å². The molecule has 2 aliphatic heterocycles. The molecule has 0 saturated carbocycles. The van der Waals surface area contributed by atoms with Gasteiger partial charge in [0.2, 0.25) is 5.91 Å². The van der Waals surface area contributed by atoms with Gasteiger partial charge in [-0.1, -0.05) is 12.1 Å². The van der Waals surface area contributed by atoms with E-state index in [1.165, 1.54) is 12.1 Å². The molecule has 0 bridgehead atoms. The molecule has 0 spiro atoms. The SMILES string of the molecule is CC(C)(Oc1ccc(C2CN(C(=O)CC[C@@H]3COC(=O)N3)C2)cc1)C(F)(F)F. The van der Waals surface area contributed by atoms with Crippen LogP contribution >= 0.6 is 0 Å². The number of alkyl carbamates (subject to hydrolysis) is 1. The molecule has 2 amide bonds. The highest BCUT2D eigenvalue weighted by Gasteiger charge is 2.49. The molecule has 28 heavy (non-hydrogen) atoms. The molecule has 2 aliphatic rings. The number of alkyl halides is 3. The number of nitrogens with zero attached hydrogens (tertiary/aromatic N) is 1. The average molecular weight is 400 g/mol. The number of likely N-dealkylation sites (tertiary alicyclic amines) is 1. The van der Waals surface area contributed by atoms with Crippen LogP contribution in [0.3, 0.4) is 0 Å². The minimum atomic E-state index is -4.46. The maximum Gasteiger partial charge on any atom is 0.427 e. The third-order valence-electron chi connectivity index (χ3n) is 5.09. The van der Waals surface area contributed by atoms with E-state index in [0.717, 1.165) is 19.4 Å². The minimum Gasteiger partial charge on any atom is -0.478 e. The zero-order valence-corrected chi connectivity index (χ0v) is 15.7. The molecule has 0 aromatic heterocycles. The third-order valence-corrected chi connectivity index (χ3v) is 5.09. The fourth-order valence-corrected chi connectivity index (χ4v) is 3.09. The van der Waals surface area contributed by atoms with E-state index in [-0.39, 0.29) is 30.2 Å². The summed E-state index contributed by atoms with van der Waals surface area (Å²) in [5, 5.41) is 2.64. The lowest BCUT2D eigenvalue weighted by Crippen LogP contribution is -2.48. The van der Waals surface area contributed by atoms with Crippen molar-refractivity contribution >= 4 is 12.0 Å². The van der Waals surface area contributed by atoms with Crippen LogP contribution in [0.4, 0.5) is 18.0 Å². The van der Waals surface area contributed by atoms with E-state index >= 15 is 0 Å². The normalized spacial score (nSPS) is 20.4. The first-order valence-corrected chi connectivity index (χ1v) is 9.12. The molecule has 1 atom stereocenters. The number of cyclic esters (lactones) is 1. The lowest BCUT2D eigenvalue weighted by atomic mass is 9.91. The van der Waals surface area contributed by atoms with Gasteiger partial charge in [-0.05, 0) is 38.0 Å². The Hall–Kier alpha value is -2.45. The quantitative estimate of drug-likeness (QED) is 0.796. The summed E-state index contributed by atoms with van der Waals surface area (Å²) in [5.41, 5.74) is -1.31. The van der Waals surface area contributed by atoms with Crippen LogP contribution in [-0.2, 0) is 9.53 Å². The molecule has 1 aromatic rings. The summed E-state index contributed by atoms with van der Waals surface area (Å²) in [6.45, 7) is 3.40. The molecule has 1 aromatic carbocycles. The largest absolute Gasteiger partial charge is 0.478 e. The standard InChI is InChI=1S/C19H23F3N2O4/c1-18(2,19(20,21)22)28-15-6-3-12(4-7-15)13-9-24(10-13)16(25)8-5-14-11-27-17(26)23-14/h3-4,6-7,13-14H,5,8-11H2,1-2H3,(H,23,26)/t14-/m1/s1. The molecule has 6 nitrogen and oxygen atoms in total. The molecule has 154 valence electrons. The molecule has 0 unspecified atom stereocenters. The average Bonchev–Trinajstić information content (AvgIpc) is 2.97. The van der Waals surface area contributed by atoms with E-state index in [2.05, 4.69) is 5.32 Å². The Kier molecular flexibility index (Phi) is 5.45. The van der Waals surface area contributed by atoms with E-state index in [1.54, 1.807) is 17.0 Å². The minimum absolute atomic E-state index is 0.0179. The van der Waals surface area contributed by atoms with E-state index in [4.69, 9.17) is 9.47 Å². The Morgan fingerprint density at radius 3 is 2.43 bits per heavy atom. The van der Waals surface area contributed by atoms with Gasteiger partial charge in [0, 0.05) is 25.4 Å². The summed E-state index contributed by atoms with van der Waals surface area (Å²) in [7, 11) is 0. The zero-order chi connectivity index (χ0) is 20.5. The van der Waals surface area contributed by atoms with Gasteiger partial charge in [0.15, 0.2) is 5.60 Å². The van der Waals surface area contributed by atoms with Crippen molar-refractivity contribution in [2.45, 2.75) is 50.4 Å². The molecule has 3 rings (SSSR count). The van der Waals surface area contributed by atoms with Gasteiger partial charge in [-0.15, -0.1) is 0 Å². The second-order valence-corrected chi connectivity index (χ2v) is 7.65.